The number of hydrogen-bond donors (Lipinski definition) is 3. The van der Waals surface area contributed by atoms with Crippen molar-refractivity contribution >= 4 is 5.91 Å². The second kappa shape index (κ2) is 5.19. The zero-order chi connectivity index (χ0) is 9.68. The first-order chi connectivity index (χ1) is 6.20. The number of piperidine rings is 1. The van der Waals surface area contributed by atoms with E-state index in [0.29, 0.717) is 6.54 Å². The van der Waals surface area contributed by atoms with Gasteiger partial charge in [-0.1, -0.05) is 0 Å². The summed E-state index contributed by atoms with van der Waals surface area (Å²) in [5, 5.41) is 14.9. The van der Waals surface area contributed by atoms with E-state index in [-0.39, 0.29) is 11.8 Å². The number of nitrogens with one attached hydrogen (secondary N) is 2. The van der Waals surface area contributed by atoms with Crippen molar-refractivity contribution in [1.29, 1.82) is 0 Å². The average molecular weight is 186 g/mol. The van der Waals surface area contributed by atoms with Crippen LogP contribution in [0.4, 0.5) is 0 Å². The Morgan fingerprint density at radius 2 is 2.54 bits per heavy atom. The van der Waals surface area contributed by atoms with Gasteiger partial charge in [0, 0.05) is 13.1 Å². The van der Waals surface area contributed by atoms with Crippen LogP contribution in [0.25, 0.3) is 0 Å². The van der Waals surface area contributed by atoms with Crippen molar-refractivity contribution in [2.75, 3.05) is 19.6 Å². The van der Waals surface area contributed by atoms with E-state index in [4.69, 9.17) is 5.11 Å². The fourth-order valence-electron chi connectivity index (χ4n) is 1.47. The summed E-state index contributed by atoms with van der Waals surface area (Å²) in [5.41, 5.74) is 0. The monoisotopic (exact) mass is 186 g/mol. The SMILES string of the molecule is C[C@H](O)CNC(=O)C1CCCNC1. The van der Waals surface area contributed by atoms with Gasteiger partial charge in [0.15, 0.2) is 0 Å². The Kier molecular flexibility index (Phi) is 4.18. The molecule has 1 aliphatic heterocycles. The largest absolute Gasteiger partial charge is 0.392 e. The molecular weight excluding hydrogens is 168 g/mol. The van der Waals surface area contributed by atoms with Crippen LogP contribution in [0.3, 0.4) is 0 Å². The van der Waals surface area contributed by atoms with Crippen LogP contribution in [0.1, 0.15) is 19.8 Å². The van der Waals surface area contributed by atoms with Crippen LogP contribution in [0.2, 0.25) is 0 Å². The summed E-state index contributed by atoms with van der Waals surface area (Å²) in [6.07, 6.45) is 1.56. The normalized spacial score (nSPS) is 25.2. The van der Waals surface area contributed by atoms with Crippen molar-refractivity contribution in [1.82, 2.24) is 10.6 Å². The zero-order valence-electron chi connectivity index (χ0n) is 8.05. The minimum atomic E-state index is -0.458. The third-order valence-electron chi connectivity index (χ3n) is 2.24. The lowest BCUT2D eigenvalue weighted by Crippen LogP contribution is -2.42. The number of hydrogen-bond acceptors (Lipinski definition) is 3. The number of aliphatic hydroxyl groups excluding tert-OH is 1. The molecule has 3 N–H and O–H groups in total. The van der Waals surface area contributed by atoms with E-state index in [2.05, 4.69) is 10.6 Å². The van der Waals surface area contributed by atoms with Crippen LogP contribution in [0.15, 0.2) is 0 Å². The summed E-state index contributed by atoms with van der Waals surface area (Å²) in [6, 6.07) is 0. The van der Waals surface area contributed by atoms with E-state index < -0.39 is 6.10 Å². The van der Waals surface area contributed by atoms with Crippen LogP contribution in [0.5, 0.6) is 0 Å². The maximum absolute atomic E-state index is 11.4. The highest BCUT2D eigenvalue weighted by atomic mass is 16.3. The summed E-state index contributed by atoms with van der Waals surface area (Å²) < 4.78 is 0. The predicted octanol–water partition coefficient (Wildman–Crippen LogP) is -0.517. The third kappa shape index (κ3) is 3.74. The lowest BCUT2D eigenvalue weighted by Gasteiger charge is -2.22. The highest BCUT2D eigenvalue weighted by Gasteiger charge is 2.20. The summed E-state index contributed by atoms with van der Waals surface area (Å²) in [7, 11) is 0. The molecule has 1 unspecified atom stereocenters. The van der Waals surface area contributed by atoms with Gasteiger partial charge >= 0.3 is 0 Å². The molecule has 2 atom stereocenters. The molecule has 0 bridgehead atoms. The van der Waals surface area contributed by atoms with Crippen LogP contribution in [-0.4, -0.2) is 36.8 Å². The quantitative estimate of drug-likeness (QED) is 0.556. The molecule has 13 heavy (non-hydrogen) atoms. The molecule has 0 aromatic carbocycles. The van der Waals surface area contributed by atoms with E-state index in [9.17, 15) is 4.79 Å². The maximum Gasteiger partial charge on any atom is 0.224 e. The predicted molar refractivity (Wildman–Crippen MR) is 50.3 cm³/mol. The molecule has 0 aromatic heterocycles. The Hall–Kier alpha value is -0.610. The highest BCUT2D eigenvalue weighted by Crippen LogP contribution is 2.09. The first-order valence-electron chi connectivity index (χ1n) is 4.86. The number of aliphatic hydroxyl groups is 1. The Balaban J connectivity index is 2.21. The molecule has 0 spiro atoms. The first-order valence-corrected chi connectivity index (χ1v) is 4.86. The molecule has 1 rings (SSSR count). The Morgan fingerprint density at radius 3 is 3.08 bits per heavy atom. The zero-order valence-corrected chi connectivity index (χ0v) is 8.05. The fraction of sp³-hybridized carbons (Fsp3) is 0.889. The Bertz CT molecular complexity index is 165. The van der Waals surface area contributed by atoms with Crippen molar-refractivity contribution in [2.45, 2.75) is 25.9 Å². The van der Waals surface area contributed by atoms with Gasteiger partial charge in [-0.3, -0.25) is 4.79 Å². The van der Waals surface area contributed by atoms with E-state index in [0.717, 1.165) is 25.9 Å². The number of carbonyl (C=O) groups excluding carboxylic acids is 1. The number of carbonyl (C=O) groups is 1. The summed E-state index contributed by atoms with van der Waals surface area (Å²) in [4.78, 5) is 11.4. The van der Waals surface area contributed by atoms with E-state index >= 15 is 0 Å². The van der Waals surface area contributed by atoms with Gasteiger partial charge in [0.2, 0.25) is 5.91 Å². The van der Waals surface area contributed by atoms with Gasteiger partial charge in [0.05, 0.1) is 12.0 Å². The van der Waals surface area contributed by atoms with E-state index in [1.165, 1.54) is 0 Å². The molecule has 4 nitrogen and oxygen atoms in total. The highest BCUT2D eigenvalue weighted by molar-refractivity contribution is 5.78. The third-order valence-corrected chi connectivity index (χ3v) is 2.24. The van der Waals surface area contributed by atoms with Crippen LogP contribution >= 0.6 is 0 Å². The van der Waals surface area contributed by atoms with Crippen molar-refractivity contribution in [3.05, 3.63) is 0 Å². The van der Waals surface area contributed by atoms with E-state index in [1.54, 1.807) is 6.92 Å². The molecule has 4 heteroatoms. The molecule has 1 aliphatic rings. The fourth-order valence-corrected chi connectivity index (χ4v) is 1.47. The van der Waals surface area contributed by atoms with Crippen LogP contribution in [0, 0.1) is 5.92 Å². The summed E-state index contributed by atoms with van der Waals surface area (Å²) >= 11 is 0. The maximum atomic E-state index is 11.4. The number of rotatable bonds is 3. The van der Waals surface area contributed by atoms with Crippen LogP contribution in [-0.2, 0) is 4.79 Å². The average Bonchev–Trinajstić information content (AvgIpc) is 2.15. The molecule has 0 saturated carbocycles. The molecular formula is C9H18N2O2. The van der Waals surface area contributed by atoms with Crippen LogP contribution < -0.4 is 10.6 Å². The molecule has 1 saturated heterocycles. The molecule has 0 aromatic rings. The van der Waals surface area contributed by atoms with Gasteiger partial charge in [-0.2, -0.15) is 0 Å². The molecule has 0 radical (unpaired) electrons. The second-order valence-corrected chi connectivity index (χ2v) is 3.64. The Morgan fingerprint density at radius 1 is 1.77 bits per heavy atom. The van der Waals surface area contributed by atoms with Crippen molar-refractivity contribution in [3.8, 4) is 0 Å². The first kappa shape index (κ1) is 10.5. The van der Waals surface area contributed by atoms with Crippen molar-refractivity contribution in [3.63, 3.8) is 0 Å². The van der Waals surface area contributed by atoms with Gasteiger partial charge in [-0.15, -0.1) is 0 Å². The summed E-state index contributed by atoms with van der Waals surface area (Å²) in [5.74, 6) is 0.153. The molecule has 1 amide bonds. The lowest BCUT2D eigenvalue weighted by molar-refractivity contribution is -0.125. The second-order valence-electron chi connectivity index (χ2n) is 3.64. The molecule has 1 heterocycles. The van der Waals surface area contributed by atoms with Gasteiger partial charge < -0.3 is 15.7 Å². The minimum Gasteiger partial charge on any atom is -0.392 e. The van der Waals surface area contributed by atoms with Gasteiger partial charge in [0.25, 0.3) is 0 Å². The smallest absolute Gasteiger partial charge is 0.224 e. The molecule has 0 aliphatic carbocycles. The van der Waals surface area contributed by atoms with E-state index in [1.807, 2.05) is 0 Å². The van der Waals surface area contributed by atoms with Crippen molar-refractivity contribution in [2.24, 2.45) is 5.92 Å². The van der Waals surface area contributed by atoms with Crippen molar-refractivity contribution < 1.29 is 9.90 Å². The lowest BCUT2D eigenvalue weighted by atomic mass is 9.99. The van der Waals surface area contributed by atoms with Gasteiger partial charge in [0.1, 0.15) is 0 Å². The molecule has 76 valence electrons. The van der Waals surface area contributed by atoms with Gasteiger partial charge in [-0.05, 0) is 26.3 Å². The Labute approximate surface area is 78.7 Å². The minimum absolute atomic E-state index is 0.0631. The topological polar surface area (TPSA) is 61.4 Å². The summed E-state index contributed by atoms with van der Waals surface area (Å²) in [6.45, 7) is 3.81. The standard InChI is InChI=1S/C9H18N2O2/c1-7(12)5-11-9(13)8-3-2-4-10-6-8/h7-8,10,12H,2-6H2,1H3,(H,11,13)/t7-,8?/m0/s1. The molecule has 1 fully saturated rings. The number of amides is 1. The van der Waals surface area contributed by atoms with Gasteiger partial charge in [-0.25, -0.2) is 0 Å².